The van der Waals surface area contributed by atoms with Crippen LogP contribution in [0, 0.1) is 0 Å². The molecule has 10 nitrogen and oxygen atoms in total. The minimum atomic E-state index is -0.875. The van der Waals surface area contributed by atoms with Crippen molar-refractivity contribution in [3.8, 4) is 24.0 Å². The molecule has 21 heavy (non-hydrogen) atoms. The molecule has 0 aromatic carbocycles. The van der Waals surface area contributed by atoms with Crippen LogP contribution in [0.25, 0.3) is 0 Å². The van der Waals surface area contributed by atoms with Crippen molar-refractivity contribution < 1.29 is 70.8 Å². The van der Waals surface area contributed by atoms with Crippen LogP contribution in [0.4, 0.5) is 0 Å². The molecule has 3 radical (unpaired) electrons. The molecule has 0 atom stereocenters. The van der Waals surface area contributed by atoms with E-state index in [4.69, 9.17) is 0 Å². The van der Waals surface area contributed by atoms with Crippen molar-refractivity contribution in [2.24, 2.45) is 0 Å². The van der Waals surface area contributed by atoms with Crippen molar-refractivity contribution in [2.45, 2.75) is 10.3 Å². The Morgan fingerprint density at radius 3 is 0.810 bits per heavy atom. The van der Waals surface area contributed by atoms with Gasteiger partial charge in [-0.05, 0) is 0 Å². The van der Waals surface area contributed by atoms with E-state index in [0.29, 0.717) is 0 Å². The summed E-state index contributed by atoms with van der Waals surface area (Å²) in [6.45, 7) is 0. The molecular weight excluding hydrogens is 461 g/mol. The molecule has 0 unspecified atom stereocenters. The van der Waals surface area contributed by atoms with Crippen molar-refractivity contribution in [3.05, 3.63) is 0 Å². The minimum Gasteiger partial charge on any atom is -0.844 e. The van der Waals surface area contributed by atoms with Crippen molar-refractivity contribution in [2.75, 3.05) is 0 Å². The molecule has 15 heteroatoms. The van der Waals surface area contributed by atoms with E-state index in [2.05, 4.69) is 55.2 Å². The van der Waals surface area contributed by atoms with Crippen LogP contribution < -0.4 is 20.4 Å². The van der Waals surface area contributed by atoms with Crippen LogP contribution in [-0.4, -0.2) is 29.9 Å². The molecule has 0 saturated carbocycles. The van der Waals surface area contributed by atoms with Gasteiger partial charge in [-0.2, -0.15) is 0 Å². The summed E-state index contributed by atoms with van der Waals surface area (Å²) in [7, 11) is 0. The summed E-state index contributed by atoms with van der Waals surface area (Å²) in [5, 5.41) is 40.2. The summed E-state index contributed by atoms with van der Waals surface area (Å²) >= 11 is 8.65. The molecule has 117 valence electrons. The Morgan fingerprint density at radius 2 is 0.667 bits per heavy atom. The molecule has 2 aromatic heterocycles. The van der Waals surface area contributed by atoms with Gasteiger partial charge in [0.25, 0.3) is 0 Å². The zero-order valence-corrected chi connectivity index (χ0v) is 13.9. The quantitative estimate of drug-likeness (QED) is 0.348. The fourth-order valence-electron chi connectivity index (χ4n) is 0.641. The van der Waals surface area contributed by atoms with E-state index >= 15 is 0 Å². The second kappa shape index (κ2) is 11.8. The normalized spacial score (nSPS) is 8.00. The monoisotopic (exact) mass is 461 g/mol. The van der Waals surface area contributed by atoms with E-state index < -0.39 is 24.0 Å². The molecular formula is C6Co3N6O4S2. The molecule has 0 aliphatic rings. The third kappa shape index (κ3) is 10.5. The number of hydrogen-bond donors (Lipinski definition) is 0. The van der Waals surface area contributed by atoms with E-state index in [1.807, 2.05) is 0 Å². The van der Waals surface area contributed by atoms with E-state index in [1.165, 1.54) is 0 Å². The molecule has 2 heterocycles. The van der Waals surface area contributed by atoms with Crippen LogP contribution >= 0.6 is 0 Å². The van der Waals surface area contributed by atoms with Crippen LogP contribution in [0.2, 0.25) is 0 Å². The number of rotatable bonds is 0. The number of aromatic nitrogens is 6. The van der Waals surface area contributed by atoms with Gasteiger partial charge in [-0.15, -0.1) is 0 Å². The molecule has 0 spiro atoms. The predicted molar refractivity (Wildman–Crippen MR) is 48.7 cm³/mol. The fourth-order valence-corrected chi connectivity index (χ4v) is 0.953. The molecule has 0 N–H and O–H groups in total. The van der Waals surface area contributed by atoms with Gasteiger partial charge in [-0.25, -0.2) is 9.97 Å². The minimum absolute atomic E-state index is 0. The van der Waals surface area contributed by atoms with Gasteiger partial charge in [0, 0.05) is 10.3 Å². The fraction of sp³-hybridized carbons (Fsp3) is 0. The first-order valence-corrected chi connectivity index (χ1v) is 4.72. The van der Waals surface area contributed by atoms with E-state index in [9.17, 15) is 20.4 Å². The first-order chi connectivity index (χ1) is 8.36. The van der Waals surface area contributed by atoms with Crippen LogP contribution in [0.3, 0.4) is 0 Å². The Labute approximate surface area is 159 Å². The van der Waals surface area contributed by atoms with Gasteiger partial charge in [0.1, 0.15) is 0 Å². The maximum absolute atomic E-state index is 10.2. The summed E-state index contributed by atoms with van der Waals surface area (Å²) in [5.74, 6) is 0. The van der Waals surface area contributed by atoms with Gasteiger partial charge in [-0.3, -0.25) is 19.9 Å². The summed E-state index contributed by atoms with van der Waals surface area (Å²) in [6.07, 6.45) is 0. The molecule has 2 aromatic rings. The third-order valence-corrected chi connectivity index (χ3v) is 1.51. The van der Waals surface area contributed by atoms with Gasteiger partial charge in [0.2, 0.25) is 0 Å². The molecule has 2 rings (SSSR count). The molecule has 0 fully saturated rings. The second-order valence-electron chi connectivity index (χ2n) is 2.37. The van der Waals surface area contributed by atoms with Gasteiger partial charge < -0.3 is 45.7 Å². The van der Waals surface area contributed by atoms with Gasteiger partial charge >= 0.3 is 50.3 Å². The molecule has 0 saturated heterocycles. The predicted octanol–water partition coefficient (Wildman–Crippen LogP) is -4.16. The first kappa shape index (κ1) is 25.2. The Bertz CT molecular complexity index is 418. The van der Waals surface area contributed by atoms with Gasteiger partial charge in [0.05, 0.1) is 24.0 Å². The Morgan fingerprint density at radius 1 is 0.476 bits per heavy atom. The topological polar surface area (TPSA) is 170 Å². The maximum Gasteiger partial charge on any atom is 2.00 e. The summed E-state index contributed by atoms with van der Waals surface area (Å²) in [6, 6.07) is -3.50. The number of hydrogen-bond acceptors (Lipinski definition) is 12. The maximum atomic E-state index is 10.2. The smallest absolute Gasteiger partial charge is 0.844 e. The largest absolute Gasteiger partial charge is 2.00 e. The zero-order valence-electron chi connectivity index (χ0n) is 9.13. The summed E-state index contributed by atoms with van der Waals surface area (Å²) < 4.78 is 0. The van der Waals surface area contributed by atoms with Crippen molar-refractivity contribution in [1.82, 2.24) is 29.9 Å². The summed E-state index contributed by atoms with van der Waals surface area (Å²) in [5.41, 5.74) is 0. The molecule has 0 aliphatic heterocycles. The Hall–Kier alpha value is -0.821. The van der Waals surface area contributed by atoms with Crippen LogP contribution in [0.5, 0.6) is 24.0 Å². The van der Waals surface area contributed by atoms with Crippen LogP contribution in [0.15, 0.2) is 10.3 Å². The SMILES string of the molecule is [Co+2].[Co+2].[Co+2].[O-]c1nc([O-])nc([S-])n1.[O-]c1nc([O-])nc([S-])n1. The summed E-state index contributed by atoms with van der Waals surface area (Å²) in [4.78, 5) is 18.0. The van der Waals surface area contributed by atoms with E-state index in [-0.39, 0.29) is 60.6 Å². The average Bonchev–Trinajstić information content (AvgIpc) is 2.12. The van der Waals surface area contributed by atoms with Crippen molar-refractivity contribution >= 4 is 25.3 Å². The molecule has 0 amide bonds. The van der Waals surface area contributed by atoms with E-state index in [0.717, 1.165) is 0 Å². The average molecular weight is 461 g/mol. The van der Waals surface area contributed by atoms with Gasteiger partial charge in [0.15, 0.2) is 0 Å². The standard InChI is InChI=1S/2C3H3N3O2S.3Co/c2*7-1-4-2(8)6-3(9)5-1;;;/h2*(H3,4,5,6,7,8,9);;;/q;;3*+2/p-6. The molecule has 0 aliphatic carbocycles. The van der Waals surface area contributed by atoms with Gasteiger partial charge in [-0.1, -0.05) is 0 Å². The van der Waals surface area contributed by atoms with Crippen LogP contribution in [0.1, 0.15) is 0 Å². The van der Waals surface area contributed by atoms with E-state index in [1.54, 1.807) is 0 Å². The second-order valence-corrected chi connectivity index (χ2v) is 3.10. The first-order valence-electron chi connectivity index (χ1n) is 3.91. The van der Waals surface area contributed by atoms with Crippen molar-refractivity contribution in [1.29, 1.82) is 0 Å². The number of nitrogens with zero attached hydrogens (tertiary/aromatic N) is 6. The zero-order chi connectivity index (χ0) is 13.7. The Balaban J connectivity index is -0.000000270. The Kier molecular flexibility index (Phi) is 14.1. The molecule has 0 bridgehead atoms. The third-order valence-electron chi connectivity index (χ3n) is 1.15. The van der Waals surface area contributed by atoms with Crippen molar-refractivity contribution in [3.63, 3.8) is 0 Å². The van der Waals surface area contributed by atoms with Crippen LogP contribution in [-0.2, 0) is 75.6 Å².